The van der Waals surface area contributed by atoms with Gasteiger partial charge >= 0.3 is 11.9 Å². The summed E-state index contributed by atoms with van der Waals surface area (Å²) in [5.41, 5.74) is -3.32. The number of carboxylic acids is 2. The van der Waals surface area contributed by atoms with Gasteiger partial charge in [0.15, 0.2) is 0 Å². The molecule has 2 heterocycles. The number of nitrogens with zero attached hydrogens (tertiary/aromatic N) is 2. The van der Waals surface area contributed by atoms with E-state index in [4.69, 9.17) is 55.9 Å². The Bertz CT molecular complexity index is 3450. The molecule has 452 valence electrons. The lowest BCUT2D eigenvalue weighted by atomic mass is 9.62. The highest BCUT2D eigenvalue weighted by atomic mass is 35.5. The summed E-state index contributed by atoms with van der Waals surface area (Å²) >= 11 is 24.5. The summed E-state index contributed by atoms with van der Waals surface area (Å²) in [4.78, 5) is 50.8. The van der Waals surface area contributed by atoms with Gasteiger partial charge in [-0.05, 0) is 107 Å². The highest BCUT2D eigenvalue weighted by Crippen LogP contribution is 2.55. The van der Waals surface area contributed by atoms with Gasteiger partial charge in [-0.2, -0.15) is 10.5 Å². The Morgan fingerprint density at radius 1 is 0.570 bits per heavy atom. The highest BCUT2D eigenvalue weighted by molar-refractivity contribution is 6.31. The summed E-state index contributed by atoms with van der Waals surface area (Å²) in [6, 6.07) is 26.0. The molecule has 2 saturated heterocycles. The molecule has 86 heavy (non-hydrogen) atoms. The Morgan fingerprint density at radius 2 is 0.930 bits per heavy atom. The molecule has 0 aromatic heterocycles. The Kier molecular flexibility index (Phi) is 20.5. The van der Waals surface area contributed by atoms with Crippen LogP contribution in [0.25, 0.3) is 0 Å². The number of carboxylic acid groups (broad SMARTS) is 2. The Morgan fingerprint density at radius 3 is 1.23 bits per heavy atom. The number of methoxy groups -OCH3 is 2. The summed E-state index contributed by atoms with van der Waals surface area (Å²) in [6.07, 6.45) is 0.665. The van der Waals surface area contributed by atoms with Crippen LogP contribution in [0.2, 0.25) is 20.1 Å². The fourth-order valence-electron chi connectivity index (χ4n) is 11.8. The van der Waals surface area contributed by atoms with E-state index in [0.717, 1.165) is 12.1 Å². The molecule has 0 spiro atoms. The number of carbonyl (C=O) groups is 4. The zero-order valence-corrected chi connectivity index (χ0v) is 51.0. The fourth-order valence-corrected chi connectivity index (χ4v) is 12.4. The number of hydrogen-bond acceptors (Lipinski definition) is 10. The van der Waals surface area contributed by atoms with E-state index < -0.39 is 93.9 Å². The molecule has 22 heteroatoms. The van der Waals surface area contributed by atoms with E-state index in [1.54, 1.807) is 0 Å². The number of benzene rings is 6. The number of carbonyl (C=O) groups excluding carboxylic acids is 2. The van der Waals surface area contributed by atoms with E-state index in [9.17, 15) is 39.9 Å². The lowest BCUT2D eigenvalue weighted by molar-refractivity contribution is -0.124. The molecule has 0 unspecified atom stereocenters. The molecule has 8 rings (SSSR count). The number of nitrogens with one attached hydrogen (secondary N) is 4. The summed E-state index contributed by atoms with van der Waals surface area (Å²) in [6.45, 7) is 11.6. The van der Waals surface area contributed by atoms with Crippen LogP contribution >= 0.6 is 46.4 Å². The molecule has 2 aliphatic rings. The quantitative estimate of drug-likeness (QED) is 0.0498. The number of rotatable bonds is 16. The molecule has 2 aliphatic heterocycles. The molecule has 6 aromatic carbocycles. The molecular weight excluding hydrogens is 1200 g/mol. The molecule has 0 radical (unpaired) electrons. The SMILES string of the molecule is COc1cc(CNC(=O)[C@@H]2N[C@@H](CC(C)(C)C)[C@](C#N)(c3ccc(Cl)cc3F)[C@H]2c2cccc(Cl)c2F)ccc1C(=O)O.COc1cc(CNC(=O)[C@H]2N[C@H](CC(C)(C)C)[C@@](C#N)(c3ccc(Cl)cc3F)[C@@H]2c2cccc(Cl)c2F)ccc1C(=O)O. The van der Waals surface area contributed by atoms with Crippen molar-refractivity contribution < 1.29 is 56.4 Å². The van der Waals surface area contributed by atoms with Crippen molar-refractivity contribution in [3.05, 3.63) is 197 Å². The van der Waals surface area contributed by atoms with Gasteiger partial charge in [0.2, 0.25) is 11.8 Å². The minimum atomic E-state index is -1.75. The molecule has 0 saturated carbocycles. The minimum Gasteiger partial charge on any atom is -0.496 e. The zero-order chi connectivity index (χ0) is 63.4. The average molecular weight is 1260 g/mol. The topological polar surface area (TPSA) is 223 Å². The van der Waals surface area contributed by atoms with Crippen LogP contribution in [-0.2, 0) is 33.5 Å². The van der Waals surface area contributed by atoms with Gasteiger partial charge in [0, 0.05) is 58.2 Å². The third kappa shape index (κ3) is 13.7. The van der Waals surface area contributed by atoms with Crippen molar-refractivity contribution in [1.29, 1.82) is 10.5 Å². The monoisotopic (exact) mass is 1260 g/mol. The van der Waals surface area contributed by atoms with Crippen LogP contribution in [0.4, 0.5) is 17.6 Å². The number of aromatic carboxylic acids is 2. The smallest absolute Gasteiger partial charge is 0.339 e. The minimum absolute atomic E-state index is 0.0139. The third-order valence-electron chi connectivity index (χ3n) is 15.4. The van der Waals surface area contributed by atoms with E-state index in [1.807, 2.05) is 41.5 Å². The lowest BCUT2D eigenvalue weighted by Crippen LogP contribution is -2.45. The Balaban J connectivity index is 0.000000246. The molecule has 2 fully saturated rings. The summed E-state index contributed by atoms with van der Waals surface area (Å²) in [5.74, 6) is -8.79. The number of halogens is 8. The van der Waals surface area contributed by atoms with Crippen molar-refractivity contribution in [2.24, 2.45) is 10.8 Å². The first kappa shape index (κ1) is 66.1. The van der Waals surface area contributed by atoms with E-state index in [1.165, 1.54) is 111 Å². The first-order chi connectivity index (χ1) is 40.5. The first-order valence-corrected chi connectivity index (χ1v) is 28.5. The van der Waals surface area contributed by atoms with Gasteiger partial charge in [-0.15, -0.1) is 0 Å². The van der Waals surface area contributed by atoms with Crippen molar-refractivity contribution in [3.63, 3.8) is 0 Å². The fraction of sp³-hybridized carbons (Fsp3) is 0.344. The maximum atomic E-state index is 15.8. The summed E-state index contributed by atoms with van der Waals surface area (Å²) in [5, 5.41) is 52.6. The van der Waals surface area contributed by atoms with Crippen molar-refractivity contribution >= 4 is 70.2 Å². The number of hydrogen-bond donors (Lipinski definition) is 6. The van der Waals surface area contributed by atoms with Crippen LogP contribution in [0.15, 0.2) is 109 Å². The zero-order valence-electron chi connectivity index (χ0n) is 47.9. The van der Waals surface area contributed by atoms with Gasteiger partial charge in [0.05, 0.1) is 48.5 Å². The van der Waals surface area contributed by atoms with Gasteiger partial charge in [-0.1, -0.05) is 136 Å². The van der Waals surface area contributed by atoms with Crippen LogP contribution in [0.5, 0.6) is 11.5 Å². The standard InChI is InChI=1S/2C32H31Cl2F2N3O4/c2*1-31(2,3)14-25-32(16-37,21-11-9-18(33)13-23(21)35)26(20-6-5-7-22(34)27(20)36)28(39-25)29(40)38-15-17-8-10-19(30(41)42)24(12-17)43-4/h2*5-13,25-26,28,39H,14-15H2,1-4H3,(H,38,40)(H,41,42)/t2*25-,26-,28+,32-/m10/s1. The van der Waals surface area contributed by atoms with Gasteiger partial charge in [-0.3, -0.25) is 9.59 Å². The molecule has 8 atom stereocenters. The predicted octanol–water partition coefficient (Wildman–Crippen LogP) is 13.2. The van der Waals surface area contributed by atoms with E-state index >= 15 is 17.6 Å². The van der Waals surface area contributed by atoms with Crippen LogP contribution < -0.4 is 30.7 Å². The van der Waals surface area contributed by atoms with E-state index in [0.29, 0.717) is 24.0 Å². The maximum absolute atomic E-state index is 15.8. The predicted molar refractivity (Wildman–Crippen MR) is 319 cm³/mol. The second-order valence-corrected chi connectivity index (χ2v) is 25.2. The molecule has 6 aromatic rings. The highest BCUT2D eigenvalue weighted by Gasteiger charge is 2.63. The Labute approximate surface area is 515 Å². The normalized spacial score (nSPS) is 21.7. The first-order valence-electron chi connectivity index (χ1n) is 27.0. The van der Waals surface area contributed by atoms with Crippen molar-refractivity contribution in [1.82, 2.24) is 21.3 Å². The van der Waals surface area contributed by atoms with Crippen LogP contribution in [0.1, 0.15) is 120 Å². The van der Waals surface area contributed by atoms with Crippen molar-refractivity contribution in [2.45, 2.75) is 114 Å². The van der Waals surface area contributed by atoms with Crippen molar-refractivity contribution in [2.75, 3.05) is 14.2 Å². The largest absolute Gasteiger partial charge is 0.496 e. The van der Waals surface area contributed by atoms with Crippen molar-refractivity contribution in [3.8, 4) is 23.6 Å². The molecule has 0 bridgehead atoms. The molecule has 0 aliphatic carbocycles. The Hall–Kier alpha value is -7.42. The molecule has 2 amide bonds. The van der Waals surface area contributed by atoms with Crippen LogP contribution in [-0.4, -0.2) is 72.4 Å². The van der Waals surface area contributed by atoms with Crippen LogP contribution in [0.3, 0.4) is 0 Å². The second kappa shape index (κ2) is 26.7. The van der Waals surface area contributed by atoms with Gasteiger partial charge in [0.25, 0.3) is 0 Å². The van der Waals surface area contributed by atoms with Gasteiger partial charge < -0.3 is 41.0 Å². The number of nitriles is 2. The number of amides is 2. The lowest BCUT2D eigenvalue weighted by Gasteiger charge is -2.37. The average Bonchev–Trinajstić information content (AvgIpc) is 1.54. The number of ether oxygens (including phenoxy) is 2. The van der Waals surface area contributed by atoms with Gasteiger partial charge in [-0.25, -0.2) is 27.2 Å². The second-order valence-electron chi connectivity index (χ2n) is 23.5. The summed E-state index contributed by atoms with van der Waals surface area (Å²) < 4.78 is 73.4. The summed E-state index contributed by atoms with van der Waals surface area (Å²) in [7, 11) is 2.67. The van der Waals surface area contributed by atoms with Crippen LogP contribution in [0, 0.1) is 56.8 Å². The molecule has 6 N–H and O–H groups in total. The third-order valence-corrected chi connectivity index (χ3v) is 16.4. The van der Waals surface area contributed by atoms with Gasteiger partial charge in [0.1, 0.15) is 56.7 Å². The molecule has 14 nitrogen and oxygen atoms in total. The van der Waals surface area contributed by atoms with E-state index in [2.05, 4.69) is 33.4 Å². The maximum Gasteiger partial charge on any atom is 0.339 e. The molecular formula is C64H62Cl4F4N6O8. The van der Waals surface area contributed by atoms with E-state index in [-0.39, 0.29) is 88.9 Å².